The number of anilines is 2. The van der Waals surface area contributed by atoms with Crippen molar-refractivity contribution in [1.82, 2.24) is 0 Å². The number of halogens is 4. The Balaban J connectivity index is 1.56. The summed E-state index contributed by atoms with van der Waals surface area (Å²) in [5, 5.41) is 5.50. The number of rotatable bonds is 7. The van der Waals surface area contributed by atoms with E-state index < -0.39 is 11.1 Å². The molecule has 1 atom stereocenters. The molecule has 0 aromatic heterocycles. The number of thioether (sulfide) groups is 1. The molecule has 36 heavy (non-hydrogen) atoms. The van der Waals surface area contributed by atoms with Gasteiger partial charge in [-0.25, -0.2) is 4.39 Å². The fourth-order valence-electron chi connectivity index (χ4n) is 3.35. The quantitative estimate of drug-likeness (QED) is 0.208. The molecule has 0 aliphatic carbocycles. The lowest BCUT2D eigenvalue weighted by molar-refractivity contribution is -0.115. The van der Waals surface area contributed by atoms with Crippen LogP contribution in [-0.4, -0.2) is 11.8 Å². The van der Waals surface area contributed by atoms with Crippen molar-refractivity contribution in [2.24, 2.45) is 0 Å². The van der Waals surface area contributed by atoms with E-state index in [1.807, 2.05) is 36.4 Å². The molecule has 0 fully saturated rings. The minimum atomic E-state index is -0.675. The Morgan fingerprint density at radius 3 is 2.36 bits per heavy atom. The van der Waals surface area contributed by atoms with E-state index in [1.165, 1.54) is 30.0 Å². The topological polar surface area (TPSA) is 58.2 Å². The standard InChI is InChI=1S/C27H18BrCl2FN2O2S/c28-17-9-12-24(23(31)13-17)33-27(35)25(16-5-2-1-3-6-16)36-20-8-4-7-19(15-20)32-26(34)21-11-10-18(29)14-22(21)30/h1-15,25H,(H,32,34)(H,33,35). The van der Waals surface area contributed by atoms with Crippen LogP contribution in [0.4, 0.5) is 15.8 Å². The van der Waals surface area contributed by atoms with Crippen LogP contribution >= 0.6 is 50.9 Å². The minimum Gasteiger partial charge on any atom is -0.322 e. The van der Waals surface area contributed by atoms with Gasteiger partial charge in [-0.15, -0.1) is 11.8 Å². The van der Waals surface area contributed by atoms with Gasteiger partial charge in [-0.1, -0.05) is 75.5 Å². The van der Waals surface area contributed by atoms with Gasteiger partial charge < -0.3 is 10.6 Å². The monoisotopic (exact) mass is 602 g/mol. The summed E-state index contributed by atoms with van der Waals surface area (Å²) in [6, 6.07) is 25.4. The molecule has 0 bridgehead atoms. The van der Waals surface area contributed by atoms with Gasteiger partial charge in [-0.2, -0.15) is 0 Å². The summed E-state index contributed by atoms with van der Waals surface area (Å²) < 4.78 is 14.9. The number of nitrogens with one attached hydrogen (secondary N) is 2. The van der Waals surface area contributed by atoms with Crippen molar-refractivity contribution in [3.8, 4) is 0 Å². The van der Waals surface area contributed by atoms with Gasteiger partial charge in [-0.3, -0.25) is 9.59 Å². The number of benzene rings is 4. The molecule has 182 valence electrons. The summed E-state index contributed by atoms with van der Waals surface area (Å²) in [5.74, 6) is -1.31. The van der Waals surface area contributed by atoms with E-state index in [1.54, 1.807) is 36.4 Å². The van der Waals surface area contributed by atoms with Crippen LogP contribution in [0.1, 0.15) is 21.2 Å². The Bertz CT molecular complexity index is 1420. The van der Waals surface area contributed by atoms with Gasteiger partial charge in [0.1, 0.15) is 11.1 Å². The van der Waals surface area contributed by atoms with E-state index in [-0.39, 0.29) is 28.1 Å². The summed E-state index contributed by atoms with van der Waals surface area (Å²) in [5.41, 5.74) is 1.66. The molecule has 4 rings (SSSR count). The van der Waals surface area contributed by atoms with E-state index >= 15 is 0 Å². The average molecular weight is 604 g/mol. The molecule has 0 radical (unpaired) electrons. The van der Waals surface area contributed by atoms with Gasteiger partial charge in [-0.05, 0) is 60.2 Å². The molecule has 0 aliphatic heterocycles. The highest BCUT2D eigenvalue weighted by Gasteiger charge is 2.23. The van der Waals surface area contributed by atoms with Crippen molar-refractivity contribution in [2.45, 2.75) is 10.1 Å². The molecule has 0 saturated carbocycles. The number of amides is 2. The van der Waals surface area contributed by atoms with Crippen LogP contribution in [-0.2, 0) is 4.79 Å². The van der Waals surface area contributed by atoms with Crippen molar-refractivity contribution >= 4 is 74.1 Å². The fourth-order valence-corrected chi connectivity index (χ4v) is 5.26. The predicted molar refractivity (Wildman–Crippen MR) is 149 cm³/mol. The summed E-state index contributed by atoms with van der Waals surface area (Å²) in [4.78, 5) is 26.7. The smallest absolute Gasteiger partial charge is 0.257 e. The van der Waals surface area contributed by atoms with Crippen molar-refractivity contribution in [3.05, 3.63) is 122 Å². The molecule has 9 heteroatoms. The van der Waals surface area contributed by atoms with Gasteiger partial charge in [0.05, 0.1) is 16.3 Å². The molecule has 2 N–H and O–H groups in total. The lowest BCUT2D eigenvalue weighted by Gasteiger charge is -2.18. The first-order valence-electron chi connectivity index (χ1n) is 10.6. The maximum absolute atomic E-state index is 14.4. The van der Waals surface area contributed by atoms with Crippen LogP contribution in [0.5, 0.6) is 0 Å². The summed E-state index contributed by atoms with van der Waals surface area (Å²) in [6.45, 7) is 0. The van der Waals surface area contributed by atoms with E-state index in [4.69, 9.17) is 23.2 Å². The average Bonchev–Trinajstić information content (AvgIpc) is 2.85. The Kier molecular flexibility index (Phi) is 8.69. The summed E-state index contributed by atoms with van der Waals surface area (Å²) in [6.07, 6.45) is 0. The number of carbonyl (C=O) groups is 2. The zero-order valence-electron chi connectivity index (χ0n) is 18.5. The number of carbonyl (C=O) groups excluding carboxylic acids is 2. The summed E-state index contributed by atoms with van der Waals surface area (Å²) in [7, 11) is 0. The molecule has 0 aliphatic rings. The number of hydrogen-bond donors (Lipinski definition) is 2. The highest BCUT2D eigenvalue weighted by atomic mass is 79.9. The van der Waals surface area contributed by atoms with Crippen molar-refractivity contribution in [1.29, 1.82) is 0 Å². The molecule has 4 aromatic rings. The molecule has 0 heterocycles. The van der Waals surface area contributed by atoms with E-state index in [2.05, 4.69) is 26.6 Å². The third-order valence-corrected chi connectivity index (χ3v) is 7.34. The van der Waals surface area contributed by atoms with Crippen LogP contribution in [0.15, 0.2) is 100 Å². The minimum absolute atomic E-state index is 0.0885. The second-order valence-electron chi connectivity index (χ2n) is 7.63. The van der Waals surface area contributed by atoms with Gasteiger partial charge in [0.15, 0.2) is 0 Å². The molecule has 1 unspecified atom stereocenters. The maximum Gasteiger partial charge on any atom is 0.257 e. The molecule has 0 saturated heterocycles. The summed E-state index contributed by atoms with van der Waals surface area (Å²) >= 11 is 16.6. The van der Waals surface area contributed by atoms with Gasteiger partial charge >= 0.3 is 0 Å². The predicted octanol–water partition coefficient (Wildman–Crippen LogP) is 8.62. The molecular weight excluding hydrogens is 586 g/mol. The molecule has 0 spiro atoms. The lowest BCUT2D eigenvalue weighted by atomic mass is 10.1. The van der Waals surface area contributed by atoms with E-state index in [0.29, 0.717) is 15.2 Å². The second-order valence-corrected chi connectivity index (χ2v) is 10.6. The van der Waals surface area contributed by atoms with Crippen molar-refractivity contribution in [2.75, 3.05) is 10.6 Å². The first-order chi connectivity index (χ1) is 17.3. The first-order valence-corrected chi connectivity index (χ1v) is 13.1. The highest BCUT2D eigenvalue weighted by Crippen LogP contribution is 2.37. The normalized spacial score (nSPS) is 11.6. The van der Waals surface area contributed by atoms with Crippen LogP contribution < -0.4 is 10.6 Å². The van der Waals surface area contributed by atoms with E-state index in [0.717, 1.165) is 10.5 Å². The third kappa shape index (κ3) is 6.68. The molecule has 4 nitrogen and oxygen atoms in total. The Labute approximate surface area is 230 Å². The van der Waals surface area contributed by atoms with Crippen LogP contribution in [0.3, 0.4) is 0 Å². The highest BCUT2D eigenvalue weighted by molar-refractivity contribution is 9.10. The SMILES string of the molecule is O=C(Nc1cccc(SC(C(=O)Nc2ccc(Br)cc2F)c2ccccc2)c1)c1ccc(Cl)cc1Cl. The van der Waals surface area contributed by atoms with E-state index in [9.17, 15) is 14.0 Å². The third-order valence-electron chi connectivity index (χ3n) is 5.05. The molecule has 4 aromatic carbocycles. The molecular formula is C27H18BrCl2FN2O2S. The zero-order valence-corrected chi connectivity index (χ0v) is 22.4. The maximum atomic E-state index is 14.4. The van der Waals surface area contributed by atoms with Gasteiger partial charge in [0.25, 0.3) is 5.91 Å². The second kappa shape index (κ2) is 11.9. The Morgan fingerprint density at radius 1 is 0.861 bits per heavy atom. The van der Waals surface area contributed by atoms with Gasteiger partial charge in [0, 0.05) is 20.1 Å². The van der Waals surface area contributed by atoms with Crippen LogP contribution in [0.2, 0.25) is 10.0 Å². The van der Waals surface area contributed by atoms with Gasteiger partial charge in [0.2, 0.25) is 5.91 Å². The zero-order chi connectivity index (χ0) is 25.7. The Hall–Kier alpha value is -2.84. The van der Waals surface area contributed by atoms with Crippen molar-refractivity contribution < 1.29 is 14.0 Å². The van der Waals surface area contributed by atoms with Crippen LogP contribution in [0, 0.1) is 5.82 Å². The number of hydrogen-bond acceptors (Lipinski definition) is 3. The van der Waals surface area contributed by atoms with Crippen molar-refractivity contribution in [3.63, 3.8) is 0 Å². The first kappa shape index (κ1) is 26.2. The largest absolute Gasteiger partial charge is 0.322 e. The fraction of sp³-hybridized carbons (Fsp3) is 0.0370. The van der Waals surface area contributed by atoms with Crippen LogP contribution in [0.25, 0.3) is 0 Å². The Morgan fingerprint density at radius 2 is 1.64 bits per heavy atom. The molecule has 2 amide bonds. The lowest BCUT2D eigenvalue weighted by Crippen LogP contribution is -2.19.